The Kier molecular flexibility index (Phi) is 12.1. The van der Waals surface area contributed by atoms with E-state index in [-0.39, 0.29) is 30.3 Å². The zero-order chi connectivity index (χ0) is 33.5. The lowest BCUT2D eigenvalue weighted by Gasteiger charge is -2.34. The van der Waals surface area contributed by atoms with Crippen molar-refractivity contribution in [2.75, 3.05) is 33.3 Å². The van der Waals surface area contributed by atoms with E-state index in [0.29, 0.717) is 10.6 Å². The average molecular weight is 647 g/mol. The highest BCUT2D eigenvalue weighted by molar-refractivity contribution is 7.89. The summed E-state index contributed by atoms with van der Waals surface area (Å²) in [5.41, 5.74) is 0.761. The van der Waals surface area contributed by atoms with Gasteiger partial charge < -0.3 is 25.2 Å². The molecule has 14 heteroatoms. The molecular weight excluding hydrogens is 604 g/mol. The Hall–Kier alpha value is -4.01. The fraction of sp³-hybridized carbons (Fsp3) is 0.484. The number of carboxylic acids is 1. The van der Waals surface area contributed by atoms with Gasteiger partial charge in [0.2, 0.25) is 15.9 Å². The van der Waals surface area contributed by atoms with Gasteiger partial charge in [-0.15, -0.1) is 0 Å². The number of benzene rings is 2. The molecule has 13 nitrogen and oxygen atoms in total. The van der Waals surface area contributed by atoms with Gasteiger partial charge in [0.25, 0.3) is 5.91 Å². The summed E-state index contributed by atoms with van der Waals surface area (Å²) >= 11 is 0. The monoisotopic (exact) mass is 646 g/mol. The van der Waals surface area contributed by atoms with E-state index in [9.17, 15) is 32.7 Å². The first-order valence-corrected chi connectivity index (χ1v) is 16.1. The van der Waals surface area contributed by atoms with Gasteiger partial charge in [-0.05, 0) is 48.1 Å². The van der Waals surface area contributed by atoms with Gasteiger partial charge in [-0.3, -0.25) is 19.3 Å². The van der Waals surface area contributed by atoms with E-state index in [0.717, 1.165) is 10.5 Å². The summed E-state index contributed by atoms with van der Waals surface area (Å²) in [4.78, 5) is 52.1. The van der Waals surface area contributed by atoms with Gasteiger partial charge in [-0.1, -0.05) is 58.0 Å². The van der Waals surface area contributed by atoms with Crippen LogP contribution in [0.3, 0.4) is 0 Å². The van der Waals surface area contributed by atoms with Crippen molar-refractivity contribution in [3.8, 4) is 5.75 Å². The topological polar surface area (TPSA) is 174 Å². The van der Waals surface area contributed by atoms with Crippen LogP contribution >= 0.6 is 0 Å². The lowest BCUT2D eigenvalue weighted by molar-refractivity contribution is -0.141. The van der Waals surface area contributed by atoms with Crippen molar-refractivity contribution in [2.45, 2.75) is 57.2 Å². The number of aliphatic hydroxyl groups excluding tert-OH is 1. The average Bonchev–Trinajstić information content (AvgIpc) is 3.24. The third-order valence-electron chi connectivity index (χ3n) is 7.36. The molecule has 4 amide bonds. The Balaban J connectivity index is 1.92. The number of carboxylic acid groups (broad SMARTS) is 1. The highest BCUT2D eigenvalue weighted by atomic mass is 32.2. The minimum absolute atomic E-state index is 0.0165. The van der Waals surface area contributed by atoms with Gasteiger partial charge >= 0.3 is 12.0 Å². The van der Waals surface area contributed by atoms with E-state index in [2.05, 4.69) is 5.32 Å². The van der Waals surface area contributed by atoms with Gasteiger partial charge in [0.15, 0.2) is 0 Å². The van der Waals surface area contributed by atoms with Crippen LogP contribution in [-0.4, -0.2) is 108 Å². The second kappa shape index (κ2) is 15.3. The maximum atomic E-state index is 13.8. The molecular formula is C31H42N4O9S. The van der Waals surface area contributed by atoms with Crippen molar-refractivity contribution in [3.05, 3.63) is 60.2 Å². The van der Waals surface area contributed by atoms with Gasteiger partial charge in [0.1, 0.15) is 24.9 Å². The van der Waals surface area contributed by atoms with Crippen LogP contribution < -0.4 is 10.1 Å². The zero-order valence-corrected chi connectivity index (χ0v) is 26.9. The summed E-state index contributed by atoms with van der Waals surface area (Å²) in [6.45, 7) is 5.50. The van der Waals surface area contributed by atoms with Crippen LogP contribution in [0.4, 0.5) is 4.79 Å². The fourth-order valence-corrected chi connectivity index (χ4v) is 6.82. The quantitative estimate of drug-likeness (QED) is 0.230. The Morgan fingerprint density at radius 1 is 1.00 bits per heavy atom. The number of carbonyl (C=O) groups is 4. The molecule has 1 aliphatic rings. The molecule has 1 saturated heterocycles. The number of urea groups is 1. The molecule has 2 aromatic rings. The highest BCUT2D eigenvalue weighted by Gasteiger charge is 2.45. The van der Waals surface area contributed by atoms with Crippen molar-refractivity contribution in [1.82, 2.24) is 19.4 Å². The van der Waals surface area contributed by atoms with Crippen molar-refractivity contribution in [1.29, 1.82) is 0 Å². The Bertz CT molecular complexity index is 1450. The Morgan fingerprint density at radius 3 is 2.16 bits per heavy atom. The van der Waals surface area contributed by atoms with E-state index >= 15 is 0 Å². The number of amides is 4. The number of imide groups is 1. The summed E-state index contributed by atoms with van der Waals surface area (Å²) < 4.78 is 33.8. The number of aliphatic hydroxyl groups is 1. The smallest absolute Gasteiger partial charge is 0.328 e. The summed E-state index contributed by atoms with van der Waals surface area (Å²) in [5, 5.41) is 23.5. The largest absolute Gasteiger partial charge is 0.497 e. The van der Waals surface area contributed by atoms with Crippen LogP contribution in [0.2, 0.25) is 0 Å². The first-order chi connectivity index (χ1) is 21.1. The lowest BCUT2D eigenvalue weighted by Crippen LogP contribution is -2.57. The molecule has 45 heavy (non-hydrogen) atoms. The predicted octanol–water partition coefficient (Wildman–Crippen LogP) is 1.80. The number of ether oxygens (including phenoxy) is 1. The van der Waals surface area contributed by atoms with E-state index < -0.39 is 71.0 Å². The van der Waals surface area contributed by atoms with Crippen molar-refractivity contribution in [3.63, 3.8) is 0 Å². The summed E-state index contributed by atoms with van der Waals surface area (Å²) in [6, 6.07) is 11.9. The zero-order valence-electron chi connectivity index (χ0n) is 26.1. The van der Waals surface area contributed by atoms with Crippen LogP contribution in [-0.2, 0) is 30.8 Å². The van der Waals surface area contributed by atoms with Crippen LogP contribution in [0.15, 0.2) is 59.5 Å². The number of nitrogens with zero attached hydrogens (tertiary/aromatic N) is 3. The number of hydrogen-bond donors (Lipinski definition) is 3. The molecule has 0 unspecified atom stereocenters. The lowest BCUT2D eigenvalue weighted by atomic mass is 9.97. The maximum Gasteiger partial charge on any atom is 0.328 e. The normalized spacial score (nSPS) is 15.9. The van der Waals surface area contributed by atoms with Crippen LogP contribution in [0, 0.1) is 11.8 Å². The van der Waals surface area contributed by atoms with E-state index in [4.69, 9.17) is 9.84 Å². The molecule has 0 aromatic heterocycles. The first-order valence-electron chi connectivity index (χ1n) is 14.6. The van der Waals surface area contributed by atoms with E-state index in [1.165, 1.54) is 35.7 Å². The standard InChI is InChI=1S/C31H42N4O9S/c1-20(2)16-33(45(42,43)24-13-11-23(44-5)12-14-24)17-26(36)25(15-22-9-7-6-8-10-22)32-30(40)29(21(3)4)35-18-27(37)34(31(35)41)19-28(38)39/h6-14,20-21,25-26,29,36H,15-19H2,1-5H3,(H,32,40)(H,38,39)/t25-,26-,29-/m0/s1. The minimum Gasteiger partial charge on any atom is -0.497 e. The minimum atomic E-state index is -4.06. The second-order valence-electron chi connectivity index (χ2n) is 11.7. The van der Waals surface area contributed by atoms with E-state index in [1.54, 1.807) is 38.1 Å². The number of nitrogens with one attached hydrogen (secondary N) is 1. The Labute approximate surface area is 263 Å². The molecule has 3 rings (SSSR count). The Morgan fingerprint density at radius 2 is 1.62 bits per heavy atom. The molecule has 1 aliphatic heterocycles. The second-order valence-corrected chi connectivity index (χ2v) is 13.7. The molecule has 1 fully saturated rings. The number of methoxy groups -OCH3 is 1. The summed E-state index contributed by atoms with van der Waals surface area (Å²) in [7, 11) is -2.59. The SMILES string of the molecule is COc1ccc(S(=O)(=O)N(CC(C)C)C[C@H](O)[C@H](Cc2ccccc2)NC(=O)[C@H](C(C)C)N2CC(=O)N(CC(=O)O)C2=O)cc1. The fourth-order valence-electron chi connectivity index (χ4n) is 5.20. The van der Waals surface area contributed by atoms with Crippen LogP contribution in [0.25, 0.3) is 0 Å². The van der Waals surface area contributed by atoms with Crippen molar-refractivity contribution < 1.29 is 42.5 Å². The molecule has 0 saturated carbocycles. The third-order valence-corrected chi connectivity index (χ3v) is 9.21. The van der Waals surface area contributed by atoms with Crippen molar-refractivity contribution in [2.24, 2.45) is 11.8 Å². The number of sulfonamides is 1. The molecule has 0 spiro atoms. The number of carbonyl (C=O) groups excluding carboxylic acids is 3. The van der Waals surface area contributed by atoms with Gasteiger partial charge in [-0.25, -0.2) is 13.2 Å². The highest BCUT2D eigenvalue weighted by Crippen LogP contribution is 2.23. The predicted molar refractivity (Wildman–Crippen MR) is 165 cm³/mol. The van der Waals surface area contributed by atoms with Crippen LogP contribution in [0.5, 0.6) is 5.75 Å². The van der Waals surface area contributed by atoms with Crippen molar-refractivity contribution >= 4 is 33.8 Å². The molecule has 3 N–H and O–H groups in total. The van der Waals surface area contributed by atoms with Gasteiger partial charge in [0.05, 0.1) is 24.2 Å². The van der Waals surface area contributed by atoms with Gasteiger partial charge in [-0.2, -0.15) is 4.31 Å². The first kappa shape index (κ1) is 35.5. The maximum absolute atomic E-state index is 13.8. The molecule has 0 bridgehead atoms. The molecule has 3 atom stereocenters. The molecule has 246 valence electrons. The van der Waals surface area contributed by atoms with E-state index in [1.807, 2.05) is 19.9 Å². The number of rotatable bonds is 16. The van der Waals surface area contributed by atoms with Gasteiger partial charge in [0, 0.05) is 13.1 Å². The third kappa shape index (κ3) is 9.02. The number of hydrogen-bond acceptors (Lipinski definition) is 8. The molecule has 2 aromatic carbocycles. The summed E-state index contributed by atoms with van der Waals surface area (Å²) in [6.07, 6.45) is -1.25. The number of aliphatic carboxylic acids is 1. The molecule has 1 heterocycles. The molecule has 0 aliphatic carbocycles. The summed E-state index contributed by atoms with van der Waals surface area (Å²) in [5.74, 6) is -2.88. The van der Waals surface area contributed by atoms with Crippen LogP contribution in [0.1, 0.15) is 33.3 Å². The molecule has 0 radical (unpaired) electrons.